The van der Waals surface area contributed by atoms with Gasteiger partial charge in [-0.2, -0.15) is 4.39 Å². The molecule has 0 amide bonds. The van der Waals surface area contributed by atoms with E-state index in [0.717, 1.165) is 38.4 Å². The molecule has 1 aliphatic rings. The number of piperidine rings is 1. The average Bonchev–Trinajstić information content (AvgIpc) is 2.48. The van der Waals surface area contributed by atoms with Gasteiger partial charge in [-0.1, -0.05) is 12.1 Å². The van der Waals surface area contributed by atoms with E-state index in [1.165, 1.54) is 12.5 Å². The molecule has 0 unspecified atom stereocenters. The Kier molecular flexibility index (Phi) is 5.64. The van der Waals surface area contributed by atoms with E-state index in [2.05, 4.69) is 10.2 Å². The van der Waals surface area contributed by atoms with Crippen molar-refractivity contribution in [3.63, 3.8) is 0 Å². The van der Waals surface area contributed by atoms with Crippen LogP contribution in [0.5, 0.6) is 0 Å². The van der Waals surface area contributed by atoms with E-state index in [-0.39, 0.29) is 0 Å². The Labute approximate surface area is 124 Å². The number of nitrogens with zero attached hydrogens (tertiary/aromatic N) is 2. The number of nitrogens with one attached hydrogen (secondary N) is 1. The number of benzene rings is 1. The number of hydrogen-bond donors (Lipinski definition) is 1. The van der Waals surface area contributed by atoms with Gasteiger partial charge in [-0.3, -0.25) is 15.0 Å². The van der Waals surface area contributed by atoms with Gasteiger partial charge < -0.3 is 5.32 Å². The summed E-state index contributed by atoms with van der Waals surface area (Å²) in [7, 11) is 1.96. The van der Waals surface area contributed by atoms with E-state index in [1.807, 2.05) is 7.05 Å². The summed E-state index contributed by atoms with van der Waals surface area (Å²) in [4.78, 5) is 12.3. The standard InChI is InChI=1S/C15H22FN3O2/c1-17-8-5-12-6-9-18(10-7-12)11-13-3-2-4-14(15(13)16)19(20)21/h2-4,12,17H,5-11H2,1H3. The molecule has 1 fully saturated rings. The maximum Gasteiger partial charge on any atom is 0.305 e. The van der Waals surface area contributed by atoms with E-state index in [4.69, 9.17) is 0 Å². The second-order valence-corrected chi connectivity index (χ2v) is 5.62. The molecule has 6 heteroatoms. The number of rotatable bonds is 6. The number of hydrogen-bond acceptors (Lipinski definition) is 4. The second-order valence-electron chi connectivity index (χ2n) is 5.62. The van der Waals surface area contributed by atoms with Crippen molar-refractivity contribution in [2.75, 3.05) is 26.7 Å². The zero-order valence-electron chi connectivity index (χ0n) is 12.3. The summed E-state index contributed by atoms with van der Waals surface area (Å²) in [5, 5.41) is 13.9. The van der Waals surface area contributed by atoms with E-state index in [1.54, 1.807) is 12.1 Å². The van der Waals surface area contributed by atoms with Crippen LogP contribution in [0, 0.1) is 21.8 Å². The molecular weight excluding hydrogens is 273 g/mol. The first-order chi connectivity index (χ1) is 10.1. The zero-order valence-corrected chi connectivity index (χ0v) is 12.3. The van der Waals surface area contributed by atoms with Crippen molar-refractivity contribution in [2.24, 2.45) is 5.92 Å². The summed E-state index contributed by atoms with van der Waals surface area (Å²) >= 11 is 0. The predicted molar refractivity (Wildman–Crippen MR) is 79.6 cm³/mol. The van der Waals surface area contributed by atoms with Gasteiger partial charge in [-0.25, -0.2) is 0 Å². The lowest BCUT2D eigenvalue weighted by Gasteiger charge is -2.32. The van der Waals surface area contributed by atoms with Crippen molar-refractivity contribution in [3.05, 3.63) is 39.7 Å². The molecule has 1 N–H and O–H groups in total. The Morgan fingerprint density at radius 1 is 1.43 bits per heavy atom. The summed E-state index contributed by atoms with van der Waals surface area (Å²) < 4.78 is 14.0. The molecule has 0 spiro atoms. The number of likely N-dealkylation sites (tertiary alicyclic amines) is 1. The Morgan fingerprint density at radius 3 is 2.76 bits per heavy atom. The van der Waals surface area contributed by atoms with E-state index < -0.39 is 16.4 Å². The van der Waals surface area contributed by atoms with Gasteiger partial charge in [0.1, 0.15) is 0 Å². The molecule has 116 valence electrons. The van der Waals surface area contributed by atoms with Crippen LogP contribution in [0.15, 0.2) is 18.2 Å². The Bertz CT molecular complexity index is 488. The SMILES string of the molecule is CNCCC1CCN(Cc2cccc([N+](=O)[O-])c2F)CC1. The highest BCUT2D eigenvalue weighted by atomic mass is 19.1. The molecule has 0 aliphatic carbocycles. The van der Waals surface area contributed by atoms with E-state index >= 15 is 0 Å². The minimum atomic E-state index is -0.695. The van der Waals surface area contributed by atoms with Crippen molar-refractivity contribution in [1.29, 1.82) is 0 Å². The molecule has 1 heterocycles. The highest BCUT2D eigenvalue weighted by Crippen LogP contribution is 2.25. The molecule has 0 aromatic heterocycles. The normalized spacial score (nSPS) is 17.0. The van der Waals surface area contributed by atoms with Crippen LogP contribution in [0.1, 0.15) is 24.8 Å². The van der Waals surface area contributed by atoms with Crippen LogP contribution in [-0.4, -0.2) is 36.5 Å². The Balaban J connectivity index is 1.92. The monoisotopic (exact) mass is 295 g/mol. The molecule has 2 rings (SSSR count). The lowest BCUT2D eigenvalue weighted by Crippen LogP contribution is -2.34. The second kappa shape index (κ2) is 7.47. The van der Waals surface area contributed by atoms with Gasteiger partial charge in [0, 0.05) is 18.2 Å². The van der Waals surface area contributed by atoms with Crippen LogP contribution in [-0.2, 0) is 6.54 Å². The van der Waals surface area contributed by atoms with Crippen LogP contribution in [0.2, 0.25) is 0 Å². The smallest absolute Gasteiger partial charge is 0.305 e. The lowest BCUT2D eigenvalue weighted by molar-refractivity contribution is -0.387. The number of nitro benzene ring substituents is 1. The third kappa shape index (κ3) is 4.22. The van der Waals surface area contributed by atoms with Crippen LogP contribution < -0.4 is 5.32 Å². The summed E-state index contributed by atoms with van der Waals surface area (Å²) in [6.07, 6.45) is 3.39. The first-order valence-electron chi connectivity index (χ1n) is 7.40. The first kappa shape index (κ1) is 15.9. The largest absolute Gasteiger partial charge is 0.320 e. The molecule has 5 nitrogen and oxygen atoms in total. The van der Waals surface area contributed by atoms with Gasteiger partial charge in [-0.05, 0) is 51.9 Å². The van der Waals surface area contributed by atoms with Gasteiger partial charge >= 0.3 is 5.69 Å². The maximum atomic E-state index is 14.0. The summed E-state index contributed by atoms with van der Waals surface area (Å²) in [5.74, 6) is 0.0310. The Hall–Kier alpha value is -1.53. The molecule has 0 bridgehead atoms. The van der Waals surface area contributed by atoms with Crippen molar-refractivity contribution < 1.29 is 9.31 Å². The van der Waals surface area contributed by atoms with Gasteiger partial charge in [0.05, 0.1) is 4.92 Å². The summed E-state index contributed by atoms with van der Waals surface area (Å²) in [6.45, 7) is 3.34. The van der Waals surface area contributed by atoms with Crippen LogP contribution >= 0.6 is 0 Å². The van der Waals surface area contributed by atoms with Crippen LogP contribution in [0.3, 0.4) is 0 Å². The minimum absolute atomic E-state index is 0.415. The Morgan fingerprint density at radius 2 is 2.14 bits per heavy atom. The fourth-order valence-electron chi connectivity index (χ4n) is 2.85. The van der Waals surface area contributed by atoms with Crippen molar-refractivity contribution in [3.8, 4) is 0 Å². The molecule has 21 heavy (non-hydrogen) atoms. The van der Waals surface area contributed by atoms with Crippen LogP contribution in [0.4, 0.5) is 10.1 Å². The molecule has 1 aromatic rings. The minimum Gasteiger partial charge on any atom is -0.320 e. The highest BCUT2D eigenvalue weighted by Gasteiger charge is 2.22. The molecule has 1 aliphatic heterocycles. The number of nitro groups is 1. The van der Waals surface area contributed by atoms with E-state index in [9.17, 15) is 14.5 Å². The van der Waals surface area contributed by atoms with Crippen molar-refractivity contribution >= 4 is 5.69 Å². The summed E-state index contributed by atoms with van der Waals surface area (Å²) in [6, 6.07) is 4.40. The number of halogens is 1. The summed E-state index contributed by atoms with van der Waals surface area (Å²) in [5.41, 5.74) is -0.0192. The lowest BCUT2D eigenvalue weighted by atomic mass is 9.93. The molecule has 1 aromatic carbocycles. The van der Waals surface area contributed by atoms with E-state index in [0.29, 0.717) is 12.1 Å². The molecule has 0 saturated carbocycles. The first-order valence-corrected chi connectivity index (χ1v) is 7.40. The van der Waals surface area contributed by atoms with Crippen molar-refractivity contribution in [2.45, 2.75) is 25.8 Å². The average molecular weight is 295 g/mol. The van der Waals surface area contributed by atoms with Crippen LogP contribution in [0.25, 0.3) is 0 Å². The van der Waals surface area contributed by atoms with Gasteiger partial charge in [0.25, 0.3) is 0 Å². The molecule has 0 radical (unpaired) electrons. The fraction of sp³-hybridized carbons (Fsp3) is 0.600. The van der Waals surface area contributed by atoms with Crippen molar-refractivity contribution in [1.82, 2.24) is 10.2 Å². The quantitative estimate of drug-likeness (QED) is 0.647. The zero-order chi connectivity index (χ0) is 15.2. The highest BCUT2D eigenvalue weighted by molar-refractivity contribution is 5.36. The van der Waals surface area contributed by atoms with Gasteiger partial charge in [0.2, 0.25) is 5.82 Å². The molecule has 1 saturated heterocycles. The van der Waals surface area contributed by atoms with Gasteiger partial charge in [-0.15, -0.1) is 0 Å². The molecular formula is C15H22FN3O2. The predicted octanol–water partition coefficient (Wildman–Crippen LogP) is 2.56. The topological polar surface area (TPSA) is 58.4 Å². The maximum absolute atomic E-state index is 14.0. The third-order valence-corrected chi connectivity index (χ3v) is 4.16. The molecule has 0 atom stereocenters. The fourth-order valence-corrected chi connectivity index (χ4v) is 2.85. The van der Waals surface area contributed by atoms with Gasteiger partial charge in [0.15, 0.2) is 0 Å². The third-order valence-electron chi connectivity index (χ3n) is 4.16.